The lowest BCUT2D eigenvalue weighted by molar-refractivity contribution is 0.414. The van der Waals surface area contributed by atoms with Crippen LogP contribution in [0.25, 0.3) is 10.9 Å². The van der Waals surface area contributed by atoms with E-state index in [0.29, 0.717) is 6.54 Å². The van der Waals surface area contributed by atoms with E-state index in [1.165, 1.54) is 12.1 Å². The van der Waals surface area contributed by atoms with Crippen LogP contribution in [0.3, 0.4) is 0 Å². The minimum atomic E-state index is -0.230. The lowest BCUT2D eigenvalue weighted by Crippen LogP contribution is -2.37. The second-order valence-corrected chi connectivity index (χ2v) is 5.96. The molecule has 1 aromatic heterocycles. The van der Waals surface area contributed by atoms with Gasteiger partial charge < -0.3 is 20.4 Å². The second-order valence-electron chi connectivity index (χ2n) is 5.96. The third kappa shape index (κ3) is 5.59. The van der Waals surface area contributed by atoms with E-state index in [0.717, 1.165) is 46.7 Å². The summed E-state index contributed by atoms with van der Waals surface area (Å²) >= 11 is 0. The molecule has 2 aromatic carbocycles. The van der Waals surface area contributed by atoms with Gasteiger partial charge in [-0.3, -0.25) is 4.99 Å². The first-order valence-electron chi connectivity index (χ1n) is 8.52. The molecule has 3 rings (SSSR count). The van der Waals surface area contributed by atoms with Gasteiger partial charge in [0.15, 0.2) is 5.96 Å². The van der Waals surface area contributed by atoms with E-state index in [1.807, 2.05) is 36.5 Å². The maximum absolute atomic E-state index is 13.3. The third-order valence-electron chi connectivity index (χ3n) is 4.23. The summed E-state index contributed by atoms with van der Waals surface area (Å²) in [5.74, 6) is 1.34. The Balaban J connectivity index is 0.00000261. The van der Waals surface area contributed by atoms with Gasteiger partial charge in [-0.05, 0) is 47.9 Å². The van der Waals surface area contributed by atoms with E-state index in [-0.39, 0.29) is 29.8 Å². The lowest BCUT2D eigenvalue weighted by Gasteiger charge is -2.12. The van der Waals surface area contributed by atoms with E-state index < -0.39 is 0 Å². The number of hydrogen-bond donors (Lipinski definition) is 3. The number of methoxy groups -OCH3 is 1. The zero-order valence-corrected chi connectivity index (χ0v) is 17.7. The van der Waals surface area contributed by atoms with Crippen molar-refractivity contribution in [1.82, 2.24) is 15.6 Å². The fourth-order valence-corrected chi connectivity index (χ4v) is 2.87. The van der Waals surface area contributed by atoms with Gasteiger partial charge in [0.1, 0.15) is 11.6 Å². The molecule has 0 aliphatic rings. The molecule has 27 heavy (non-hydrogen) atoms. The first kappa shape index (κ1) is 21.0. The summed E-state index contributed by atoms with van der Waals surface area (Å²) in [7, 11) is 3.40. The van der Waals surface area contributed by atoms with Crippen LogP contribution >= 0.6 is 24.0 Å². The van der Waals surface area contributed by atoms with Crippen LogP contribution in [0, 0.1) is 5.82 Å². The fourth-order valence-electron chi connectivity index (χ4n) is 2.87. The summed E-state index contributed by atoms with van der Waals surface area (Å²) in [6.07, 6.45) is 2.74. The molecular weight excluding hydrogens is 458 g/mol. The minimum absolute atomic E-state index is 0. The number of nitrogens with zero attached hydrogens (tertiary/aromatic N) is 1. The SMILES string of the molecule is CN=C(NCCc1c[nH]c2cc(F)ccc12)NCc1cccc(OC)c1.I. The molecule has 0 atom stereocenters. The van der Waals surface area contributed by atoms with Crippen molar-refractivity contribution >= 4 is 40.8 Å². The molecule has 0 bridgehead atoms. The van der Waals surface area contributed by atoms with E-state index >= 15 is 0 Å². The summed E-state index contributed by atoms with van der Waals surface area (Å²) in [5, 5.41) is 7.64. The number of ether oxygens (including phenoxy) is 1. The van der Waals surface area contributed by atoms with Gasteiger partial charge in [-0.25, -0.2) is 4.39 Å². The highest BCUT2D eigenvalue weighted by Crippen LogP contribution is 2.19. The number of halogens is 2. The van der Waals surface area contributed by atoms with Crippen LogP contribution < -0.4 is 15.4 Å². The maximum atomic E-state index is 13.3. The second kappa shape index (κ2) is 10.1. The Morgan fingerprint density at radius 2 is 2.04 bits per heavy atom. The quantitative estimate of drug-likeness (QED) is 0.284. The molecule has 0 radical (unpaired) electrons. The molecule has 0 aliphatic heterocycles. The molecule has 0 aliphatic carbocycles. The van der Waals surface area contributed by atoms with Crippen molar-refractivity contribution in [3.63, 3.8) is 0 Å². The Morgan fingerprint density at radius 1 is 1.19 bits per heavy atom. The predicted octanol–water partition coefficient (Wildman–Crippen LogP) is 3.84. The van der Waals surface area contributed by atoms with Gasteiger partial charge in [-0.1, -0.05) is 12.1 Å². The van der Waals surface area contributed by atoms with Crippen LogP contribution in [0.15, 0.2) is 53.7 Å². The van der Waals surface area contributed by atoms with Gasteiger partial charge in [-0.2, -0.15) is 0 Å². The smallest absolute Gasteiger partial charge is 0.191 e. The Bertz CT molecular complexity index is 910. The number of benzene rings is 2. The Hall–Kier alpha value is -2.29. The zero-order valence-electron chi connectivity index (χ0n) is 15.4. The standard InChI is InChI=1S/C20H23FN4O.HI/c1-22-20(25-12-14-4-3-5-17(10-14)26-2)23-9-8-15-13-24-19-11-16(21)6-7-18(15)19;/h3-7,10-11,13,24H,8-9,12H2,1-2H3,(H2,22,23,25);1H. The van der Waals surface area contributed by atoms with E-state index in [4.69, 9.17) is 4.74 Å². The first-order valence-corrected chi connectivity index (χ1v) is 8.52. The van der Waals surface area contributed by atoms with Gasteiger partial charge in [0.25, 0.3) is 0 Å². The highest BCUT2D eigenvalue weighted by Gasteiger charge is 2.05. The van der Waals surface area contributed by atoms with E-state index in [9.17, 15) is 4.39 Å². The zero-order chi connectivity index (χ0) is 18.4. The maximum Gasteiger partial charge on any atom is 0.191 e. The third-order valence-corrected chi connectivity index (χ3v) is 4.23. The molecule has 0 unspecified atom stereocenters. The Kier molecular flexibility index (Phi) is 7.90. The van der Waals surface area contributed by atoms with Gasteiger partial charge >= 0.3 is 0 Å². The van der Waals surface area contributed by atoms with Gasteiger partial charge in [-0.15, -0.1) is 24.0 Å². The molecule has 0 fully saturated rings. The molecule has 0 amide bonds. The van der Waals surface area contributed by atoms with Crippen LogP contribution in [-0.4, -0.2) is 31.6 Å². The monoisotopic (exact) mass is 482 g/mol. The van der Waals surface area contributed by atoms with Crippen LogP contribution in [0.1, 0.15) is 11.1 Å². The molecule has 0 spiro atoms. The van der Waals surface area contributed by atoms with Crippen LogP contribution in [0.5, 0.6) is 5.75 Å². The number of aromatic nitrogens is 1. The molecule has 5 nitrogen and oxygen atoms in total. The summed E-state index contributed by atoms with van der Waals surface area (Å²) in [6, 6.07) is 12.7. The molecule has 0 saturated carbocycles. The van der Waals surface area contributed by atoms with Crippen molar-refractivity contribution in [3.05, 3.63) is 65.6 Å². The normalized spacial score (nSPS) is 11.1. The summed E-state index contributed by atoms with van der Waals surface area (Å²) in [5.41, 5.74) is 3.09. The van der Waals surface area contributed by atoms with E-state index in [2.05, 4.69) is 20.6 Å². The highest BCUT2D eigenvalue weighted by atomic mass is 127. The molecule has 144 valence electrons. The topological polar surface area (TPSA) is 61.4 Å². The van der Waals surface area contributed by atoms with Crippen LogP contribution in [0.4, 0.5) is 4.39 Å². The van der Waals surface area contributed by atoms with Crippen molar-refractivity contribution < 1.29 is 9.13 Å². The summed E-state index contributed by atoms with van der Waals surface area (Å²) in [4.78, 5) is 7.36. The lowest BCUT2D eigenvalue weighted by atomic mass is 10.1. The molecule has 3 N–H and O–H groups in total. The Labute approximate surface area is 175 Å². The number of hydrogen-bond acceptors (Lipinski definition) is 2. The molecule has 0 saturated heterocycles. The van der Waals surface area contributed by atoms with Crippen molar-refractivity contribution in [1.29, 1.82) is 0 Å². The summed E-state index contributed by atoms with van der Waals surface area (Å²) < 4.78 is 18.5. The molecule has 3 aromatic rings. The minimum Gasteiger partial charge on any atom is -0.497 e. The number of guanidine groups is 1. The number of H-pyrrole nitrogens is 1. The number of aliphatic imine (C=N–C) groups is 1. The van der Waals surface area contributed by atoms with Gasteiger partial charge in [0.05, 0.1) is 7.11 Å². The van der Waals surface area contributed by atoms with Crippen molar-refractivity contribution in [2.24, 2.45) is 4.99 Å². The molecule has 1 heterocycles. The average molecular weight is 482 g/mol. The first-order chi connectivity index (χ1) is 12.7. The van der Waals surface area contributed by atoms with E-state index in [1.54, 1.807) is 14.2 Å². The van der Waals surface area contributed by atoms with Crippen LogP contribution in [0.2, 0.25) is 0 Å². The summed E-state index contributed by atoms with van der Waals surface area (Å²) in [6.45, 7) is 1.38. The fraction of sp³-hybridized carbons (Fsp3) is 0.250. The molecular formula is C20H24FIN4O. The number of aromatic amines is 1. The Morgan fingerprint density at radius 3 is 2.81 bits per heavy atom. The number of nitrogens with one attached hydrogen (secondary N) is 3. The largest absolute Gasteiger partial charge is 0.497 e. The number of fused-ring (bicyclic) bond motifs is 1. The van der Waals surface area contributed by atoms with Crippen molar-refractivity contribution in [3.8, 4) is 5.75 Å². The number of rotatable bonds is 6. The van der Waals surface area contributed by atoms with Crippen molar-refractivity contribution in [2.75, 3.05) is 20.7 Å². The average Bonchev–Trinajstić information content (AvgIpc) is 3.06. The highest BCUT2D eigenvalue weighted by molar-refractivity contribution is 14.0. The van der Waals surface area contributed by atoms with Crippen LogP contribution in [-0.2, 0) is 13.0 Å². The van der Waals surface area contributed by atoms with Gasteiger partial charge in [0, 0.05) is 37.2 Å². The van der Waals surface area contributed by atoms with Gasteiger partial charge in [0.2, 0.25) is 0 Å². The predicted molar refractivity (Wildman–Crippen MR) is 119 cm³/mol. The van der Waals surface area contributed by atoms with Crippen molar-refractivity contribution in [2.45, 2.75) is 13.0 Å². The molecule has 7 heteroatoms.